The molecule has 0 spiro atoms. The fraction of sp³-hybridized carbons (Fsp3) is 0.300. The third-order valence-electron chi connectivity index (χ3n) is 4.05. The number of benzene rings is 2. The maximum atomic E-state index is 12.4. The molecular weight excluding hydrogens is 332 g/mol. The van der Waals surface area contributed by atoms with E-state index in [1.807, 2.05) is 30.3 Å². The Hall–Kier alpha value is -3.02. The van der Waals surface area contributed by atoms with Gasteiger partial charge in [0, 0.05) is 26.2 Å². The van der Waals surface area contributed by atoms with Crippen LogP contribution in [0, 0.1) is 0 Å². The highest BCUT2D eigenvalue weighted by atomic mass is 16.5. The summed E-state index contributed by atoms with van der Waals surface area (Å²) >= 11 is 0. The normalized spacial score (nSPS) is 10.2. The highest BCUT2D eigenvalue weighted by molar-refractivity contribution is 5.93. The second-order valence-corrected chi connectivity index (χ2v) is 5.95. The minimum atomic E-state index is -0.143. The standard InChI is InChI=1S/C20H24N2O4/c1-14(23)22(2)13-16-7-5-6-8-17(16)21-20(24)12-15-9-10-18(25-3)19(11-15)26-4/h5-11H,12-13H2,1-4H3,(H,21,24). The van der Waals surface area contributed by atoms with Crippen LogP contribution in [0.4, 0.5) is 5.69 Å². The van der Waals surface area contributed by atoms with Gasteiger partial charge in [-0.05, 0) is 29.3 Å². The van der Waals surface area contributed by atoms with Gasteiger partial charge in [0.15, 0.2) is 11.5 Å². The quantitative estimate of drug-likeness (QED) is 0.828. The van der Waals surface area contributed by atoms with Gasteiger partial charge in [0.05, 0.1) is 20.6 Å². The van der Waals surface area contributed by atoms with Crippen molar-refractivity contribution in [2.24, 2.45) is 0 Å². The SMILES string of the molecule is COc1ccc(CC(=O)Nc2ccccc2CN(C)C(C)=O)cc1OC. The molecule has 26 heavy (non-hydrogen) atoms. The summed E-state index contributed by atoms with van der Waals surface area (Å²) in [6.07, 6.45) is 0.206. The molecular formula is C20H24N2O4. The first-order valence-corrected chi connectivity index (χ1v) is 8.25. The van der Waals surface area contributed by atoms with Crippen LogP contribution in [-0.2, 0) is 22.6 Å². The smallest absolute Gasteiger partial charge is 0.228 e. The van der Waals surface area contributed by atoms with E-state index in [1.54, 1.807) is 38.3 Å². The van der Waals surface area contributed by atoms with Crippen molar-refractivity contribution in [2.45, 2.75) is 19.9 Å². The summed E-state index contributed by atoms with van der Waals surface area (Å²) in [5.74, 6) is 1.03. The van der Waals surface area contributed by atoms with Crippen LogP contribution in [0.25, 0.3) is 0 Å². The van der Waals surface area contributed by atoms with Crippen LogP contribution >= 0.6 is 0 Å². The van der Waals surface area contributed by atoms with Crippen molar-refractivity contribution in [1.29, 1.82) is 0 Å². The number of hydrogen-bond donors (Lipinski definition) is 1. The van der Waals surface area contributed by atoms with E-state index in [0.29, 0.717) is 23.7 Å². The van der Waals surface area contributed by atoms with Gasteiger partial charge in [0.25, 0.3) is 0 Å². The molecule has 0 aromatic heterocycles. The number of ether oxygens (including phenoxy) is 2. The first kappa shape index (κ1) is 19.3. The number of nitrogens with one attached hydrogen (secondary N) is 1. The fourth-order valence-electron chi connectivity index (χ4n) is 2.52. The van der Waals surface area contributed by atoms with E-state index in [1.165, 1.54) is 6.92 Å². The van der Waals surface area contributed by atoms with E-state index in [2.05, 4.69) is 5.32 Å². The average Bonchev–Trinajstić information content (AvgIpc) is 2.63. The van der Waals surface area contributed by atoms with Crippen LogP contribution < -0.4 is 14.8 Å². The van der Waals surface area contributed by atoms with Gasteiger partial charge in [-0.3, -0.25) is 9.59 Å². The molecule has 1 N–H and O–H groups in total. The molecule has 0 unspecified atom stereocenters. The Kier molecular flexibility index (Phi) is 6.60. The minimum absolute atomic E-state index is 0.0311. The zero-order chi connectivity index (χ0) is 19.1. The Morgan fingerprint density at radius 2 is 1.73 bits per heavy atom. The molecule has 6 nitrogen and oxygen atoms in total. The number of carbonyl (C=O) groups is 2. The molecule has 0 fully saturated rings. The number of carbonyl (C=O) groups excluding carboxylic acids is 2. The number of amides is 2. The lowest BCUT2D eigenvalue weighted by atomic mass is 10.1. The first-order chi connectivity index (χ1) is 12.4. The predicted octanol–water partition coefficient (Wildman–Crippen LogP) is 2.86. The largest absolute Gasteiger partial charge is 0.493 e. The third kappa shape index (κ3) is 4.99. The van der Waals surface area contributed by atoms with E-state index in [4.69, 9.17) is 9.47 Å². The maximum absolute atomic E-state index is 12.4. The molecule has 138 valence electrons. The molecule has 0 saturated carbocycles. The summed E-state index contributed by atoms with van der Waals surface area (Å²) in [5.41, 5.74) is 2.40. The fourth-order valence-corrected chi connectivity index (χ4v) is 2.52. The molecule has 2 aromatic carbocycles. The molecule has 0 radical (unpaired) electrons. The van der Waals surface area contributed by atoms with Gasteiger partial charge in [0.2, 0.25) is 11.8 Å². The second-order valence-electron chi connectivity index (χ2n) is 5.95. The summed E-state index contributed by atoms with van der Waals surface area (Å²) in [6, 6.07) is 12.8. The van der Waals surface area contributed by atoms with E-state index in [-0.39, 0.29) is 18.2 Å². The minimum Gasteiger partial charge on any atom is -0.493 e. The van der Waals surface area contributed by atoms with Crippen LogP contribution in [-0.4, -0.2) is 38.0 Å². The molecule has 2 rings (SSSR count). The second kappa shape index (κ2) is 8.89. The molecule has 0 aliphatic carbocycles. The molecule has 2 amide bonds. The van der Waals surface area contributed by atoms with Crippen molar-refractivity contribution < 1.29 is 19.1 Å². The van der Waals surface area contributed by atoms with Crippen molar-refractivity contribution in [3.05, 3.63) is 53.6 Å². The number of methoxy groups -OCH3 is 2. The van der Waals surface area contributed by atoms with Crippen molar-refractivity contribution in [3.8, 4) is 11.5 Å². The molecule has 0 heterocycles. The van der Waals surface area contributed by atoms with Crippen molar-refractivity contribution in [3.63, 3.8) is 0 Å². The molecule has 0 bridgehead atoms. The van der Waals surface area contributed by atoms with Gasteiger partial charge >= 0.3 is 0 Å². The zero-order valence-corrected chi connectivity index (χ0v) is 15.5. The number of rotatable bonds is 7. The predicted molar refractivity (Wildman–Crippen MR) is 100 cm³/mol. The molecule has 0 aliphatic heterocycles. The lowest BCUT2D eigenvalue weighted by Crippen LogP contribution is -2.24. The van der Waals surface area contributed by atoms with Crippen LogP contribution in [0.15, 0.2) is 42.5 Å². The highest BCUT2D eigenvalue weighted by Gasteiger charge is 2.12. The summed E-state index contributed by atoms with van der Waals surface area (Å²) < 4.78 is 10.5. The van der Waals surface area contributed by atoms with E-state index in [9.17, 15) is 9.59 Å². The Labute approximate surface area is 153 Å². The molecule has 0 aliphatic rings. The van der Waals surface area contributed by atoms with Crippen molar-refractivity contribution >= 4 is 17.5 Å². The number of nitrogens with zero attached hydrogens (tertiary/aromatic N) is 1. The number of para-hydroxylation sites is 1. The molecule has 0 atom stereocenters. The maximum Gasteiger partial charge on any atom is 0.228 e. The molecule has 2 aromatic rings. The van der Waals surface area contributed by atoms with Crippen LogP contribution in [0.3, 0.4) is 0 Å². The number of hydrogen-bond acceptors (Lipinski definition) is 4. The lowest BCUT2D eigenvalue weighted by Gasteiger charge is -2.18. The Bertz CT molecular complexity index is 789. The van der Waals surface area contributed by atoms with Gasteiger partial charge in [-0.1, -0.05) is 24.3 Å². The summed E-state index contributed by atoms with van der Waals surface area (Å²) in [6.45, 7) is 1.94. The van der Waals surface area contributed by atoms with E-state index < -0.39 is 0 Å². The van der Waals surface area contributed by atoms with Crippen LogP contribution in [0.1, 0.15) is 18.1 Å². The van der Waals surface area contributed by atoms with Gasteiger partial charge in [-0.25, -0.2) is 0 Å². The van der Waals surface area contributed by atoms with E-state index in [0.717, 1.165) is 11.1 Å². The topological polar surface area (TPSA) is 67.9 Å². The van der Waals surface area contributed by atoms with Crippen LogP contribution in [0.5, 0.6) is 11.5 Å². The Morgan fingerprint density at radius 1 is 1.04 bits per heavy atom. The van der Waals surface area contributed by atoms with E-state index >= 15 is 0 Å². The number of anilines is 1. The summed E-state index contributed by atoms with van der Waals surface area (Å²) in [7, 11) is 4.85. The first-order valence-electron chi connectivity index (χ1n) is 8.25. The average molecular weight is 356 g/mol. The van der Waals surface area contributed by atoms with Crippen LogP contribution in [0.2, 0.25) is 0 Å². The summed E-state index contributed by atoms with van der Waals surface area (Å²) in [5, 5.41) is 2.92. The molecule has 0 saturated heterocycles. The van der Waals surface area contributed by atoms with Gasteiger partial charge < -0.3 is 19.7 Å². The van der Waals surface area contributed by atoms with Gasteiger partial charge in [-0.2, -0.15) is 0 Å². The van der Waals surface area contributed by atoms with Gasteiger partial charge in [-0.15, -0.1) is 0 Å². The highest BCUT2D eigenvalue weighted by Crippen LogP contribution is 2.28. The monoisotopic (exact) mass is 356 g/mol. The molecule has 6 heteroatoms. The van der Waals surface area contributed by atoms with Crippen molar-refractivity contribution in [1.82, 2.24) is 4.90 Å². The Morgan fingerprint density at radius 3 is 2.38 bits per heavy atom. The summed E-state index contributed by atoms with van der Waals surface area (Å²) in [4.78, 5) is 25.5. The zero-order valence-electron chi connectivity index (χ0n) is 15.5. The van der Waals surface area contributed by atoms with Crippen molar-refractivity contribution in [2.75, 3.05) is 26.6 Å². The lowest BCUT2D eigenvalue weighted by molar-refractivity contribution is -0.128. The third-order valence-corrected chi connectivity index (χ3v) is 4.05. The Balaban J connectivity index is 2.10. The van der Waals surface area contributed by atoms with Gasteiger partial charge in [0.1, 0.15) is 0 Å².